The van der Waals surface area contributed by atoms with Crippen molar-refractivity contribution in [2.75, 3.05) is 5.01 Å². The fourth-order valence-corrected chi connectivity index (χ4v) is 1.26. The number of carbonyl (C=O) groups excluding carboxylic acids is 1. The Balaban J connectivity index is 3.42. The van der Waals surface area contributed by atoms with Crippen LogP contribution in [0.4, 0.5) is 36.8 Å². The molecule has 0 saturated carbocycles. The zero-order chi connectivity index (χ0) is 15.7. The van der Waals surface area contributed by atoms with Gasteiger partial charge in [-0.05, 0) is 18.2 Å². The first-order valence-corrected chi connectivity index (χ1v) is 4.81. The van der Waals surface area contributed by atoms with E-state index in [9.17, 15) is 31.1 Å². The highest BCUT2D eigenvalue weighted by atomic mass is 19.4. The number of urea groups is 1. The first-order chi connectivity index (χ1) is 8.96. The predicted molar refractivity (Wildman–Crippen MR) is 55.8 cm³/mol. The van der Waals surface area contributed by atoms with Crippen molar-refractivity contribution in [3.05, 3.63) is 29.3 Å². The van der Waals surface area contributed by atoms with Gasteiger partial charge in [-0.25, -0.2) is 21.5 Å². The standard InChI is InChI=1S/C9H8F6N4O/c10-8(11,12)4-1-5(9(13,14)15)3-6(2-4)19(17)7(20)18-16/h1-3H,16-17H2,(H,18,20). The molecule has 1 aromatic rings. The van der Waals surface area contributed by atoms with Gasteiger partial charge in [0, 0.05) is 0 Å². The molecule has 0 heterocycles. The number of rotatable bonds is 1. The molecule has 0 fully saturated rings. The van der Waals surface area contributed by atoms with Gasteiger partial charge in [-0.15, -0.1) is 0 Å². The number of anilines is 1. The smallest absolute Gasteiger partial charge is 0.274 e. The number of halogens is 6. The minimum atomic E-state index is -5.03. The van der Waals surface area contributed by atoms with Crippen molar-refractivity contribution in [2.45, 2.75) is 12.4 Å². The number of alkyl halides is 6. The SMILES string of the molecule is NNC(=O)N(N)c1cc(C(F)(F)F)cc(C(F)(F)F)c1. The number of amides is 2. The van der Waals surface area contributed by atoms with E-state index in [1.54, 1.807) is 0 Å². The summed E-state index contributed by atoms with van der Waals surface area (Å²) in [6.45, 7) is 0. The number of nitrogens with two attached hydrogens (primary N) is 2. The molecule has 0 unspecified atom stereocenters. The topological polar surface area (TPSA) is 84.4 Å². The van der Waals surface area contributed by atoms with Crippen molar-refractivity contribution in [1.29, 1.82) is 0 Å². The molecule has 11 heteroatoms. The van der Waals surface area contributed by atoms with Crippen LogP contribution in [0.3, 0.4) is 0 Å². The molecule has 2 amide bonds. The summed E-state index contributed by atoms with van der Waals surface area (Å²) >= 11 is 0. The molecule has 0 bridgehead atoms. The van der Waals surface area contributed by atoms with E-state index in [4.69, 9.17) is 11.7 Å². The van der Waals surface area contributed by atoms with Crippen LogP contribution in [0.2, 0.25) is 0 Å². The van der Waals surface area contributed by atoms with Crippen molar-refractivity contribution in [2.24, 2.45) is 11.7 Å². The van der Waals surface area contributed by atoms with E-state index in [0.29, 0.717) is 12.1 Å². The highest BCUT2D eigenvalue weighted by Crippen LogP contribution is 2.37. The van der Waals surface area contributed by atoms with Gasteiger partial charge in [0.2, 0.25) is 0 Å². The van der Waals surface area contributed by atoms with Crippen molar-refractivity contribution in [1.82, 2.24) is 5.43 Å². The van der Waals surface area contributed by atoms with Gasteiger partial charge >= 0.3 is 18.4 Å². The largest absolute Gasteiger partial charge is 0.416 e. The molecule has 0 radical (unpaired) electrons. The number of nitrogens with zero attached hydrogens (tertiary/aromatic N) is 1. The van der Waals surface area contributed by atoms with E-state index in [2.05, 4.69) is 0 Å². The molecule has 5 nitrogen and oxygen atoms in total. The molecule has 5 N–H and O–H groups in total. The van der Waals surface area contributed by atoms with Crippen LogP contribution in [0.25, 0.3) is 0 Å². The molecule has 20 heavy (non-hydrogen) atoms. The van der Waals surface area contributed by atoms with Crippen LogP contribution in [0.5, 0.6) is 0 Å². The number of hydrogen-bond acceptors (Lipinski definition) is 3. The van der Waals surface area contributed by atoms with E-state index >= 15 is 0 Å². The van der Waals surface area contributed by atoms with E-state index in [1.807, 2.05) is 0 Å². The molecular formula is C9H8F6N4O. The Labute approximate surface area is 108 Å². The summed E-state index contributed by atoms with van der Waals surface area (Å²) in [4.78, 5) is 11.0. The fraction of sp³-hybridized carbons (Fsp3) is 0.222. The molecule has 0 aromatic heterocycles. The number of benzene rings is 1. The highest BCUT2D eigenvalue weighted by molar-refractivity contribution is 5.90. The van der Waals surface area contributed by atoms with Crippen LogP contribution in [0.15, 0.2) is 18.2 Å². The summed E-state index contributed by atoms with van der Waals surface area (Å²) in [6, 6.07) is -0.774. The summed E-state index contributed by atoms with van der Waals surface area (Å²) < 4.78 is 75.2. The Morgan fingerprint density at radius 3 is 1.70 bits per heavy atom. The third-order valence-electron chi connectivity index (χ3n) is 2.19. The minimum Gasteiger partial charge on any atom is -0.274 e. The third-order valence-corrected chi connectivity index (χ3v) is 2.19. The molecule has 0 aliphatic carbocycles. The average molecular weight is 302 g/mol. The van der Waals surface area contributed by atoms with E-state index < -0.39 is 35.2 Å². The molecule has 0 saturated heterocycles. The van der Waals surface area contributed by atoms with Gasteiger partial charge in [0.15, 0.2) is 0 Å². The summed E-state index contributed by atoms with van der Waals surface area (Å²) in [7, 11) is 0. The third kappa shape index (κ3) is 3.51. The van der Waals surface area contributed by atoms with Gasteiger partial charge in [0.25, 0.3) is 0 Å². The molecule has 1 aromatic carbocycles. The Morgan fingerprint density at radius 2 is 1.40 bits per heavy atom. The van der Waals surface area contributed by atoms with Gasteiger partial charge < -0.3 is 0 Å². The van der Waals surface area contributed by atoms with Crippen LogP contribution in [-0.4, -0.2) is 6.03 Å². The van der Waals surface area contributed by atoms with Crippen LogP contribution in [-0.2, 0) is 12.4 Å². The van der Waals surface area contributed by atoms with Gasteiger partial charge in [0.05, 0.1) is 16.8 Å². The minimum absolute atomic E-state index is 0.0322. The summed E-state index contributed by atoms with van der Waals surface area (Å²) in [5.74, 6) is 9.77. The zero-order valence-corrected chi connectivity index (χ0v) is 9.51. The maximum absolute atomic E-state index is 12.5. The lowest BCUT2D eigenvalue weighted by Crippen LogP contribution is -2.47. The molecule has 0 aliphatic rings. The van der Waals surface area contributed by atoms with Crippen LogP contribution in [0.1, 0.15) is 11.1 Å². The lowest BCUT2D eigenvalue weighted by molar-refractivity contribution is -0.143. The first-order valence-electron chi connectivity index (χ1n) is 4.81. The van der Waals surface area contributed by atoms with Crippen molar-refractivity contribution >= 4 is 11.7 Å². The second kappa shape index (κ2) is 5.17. The summed E-state index contributed by atoms with van der Waals surface area (Å²) in [6.07, 6.45) is -10.1. The Morgan fingerprint density at radius 1 is 1.00 bits per heavy atom. The second-order valence-electron chi connectivity index (χ2n) is 3.58. The van der Waals surface area contributed by atoms with Gasteiger partial charge in [-0.2, -0.15) is 26.3 Å². The highest BCUT2D eigenvalue weighted by Gasteiger charge is 2.37. The van der Waals surface area contributed by atoms with E-state index in [0.717, 1.165) is 0 Å². The number of hydrogen-bond donors (Lipinski definition) is 3. The zero-order valence-electron chi connectivity index (χ0n) is 9.51. The predicted octanol–water partition coefficient (Wildman–Crippen LogP) is 1.99. The van der Waals surface area contributed by atoms with Crippen molar-refractivity contribution in [3.8, 4) is 0 Å². The lowest BCUT2D eigenvalue weighted by Gasteiger charge is -2.19. The fourth-order valence-electron chi connectivity index (χ4n) is 1.26. The normalized spacial score (nSPS) is 12.2. The second-order valence-corrected chi connectivity index (χ2v) is 3.58. The maximum Gasteiger partial charge on any atom is 0.416 e. The monoisotopic (exact) mass is 302 g/mol. The van der Waals surface area contributed by atoms with Crippen LogP contribution >= 0.6 is 0 Å². The summed E-state index contributed by atoms with van der Waals surface area (Å²) in [5.41, 5.74) is -2.52. The molecule has 0 spiro atoms. The number of nitrogens with one attached hydrogen (secondary N) is 1. The Bertz CT molecular complexity index is 480. The van der Waals surface area contributed by atoms with Gasteiger partial charge in [-0.3, -0.25) is 5.43 Å². The van der Waals surface area contributed by atoms with E-state index in [1.165, 1.54) is 5.43 Å². The van der Waals surface area contributed by atoms with Crippen LogP contribution < -0.4 is 22.1 Å². The average Bonchev–Trinajstić information content (AvgIpc) is 2.34. The molecular weight excluding hydrogens is 294 g/mol. The number of hydrazine groups is 2. The first kappa shape index (κ1) is 16.0. The van der Waals surface area contributed by atoms with Gasteiger partial charge in [-0.1, -0.05) is 0 Å². The van der Waals surface area contributed by atoms with Crippen molar-refractivity contribution in [3.63, 3.8) is 0 Å². The van der Waals surface area contributed by atoms with Gasteiger partial charge in [0.1, 0.15) is 0 Å². The molecule has 112 valence electrons. The van der Waals surface area contributed by atoms with E-state index in [-0.39, 0.29) is 11.1 Å². The number of carbonyl (C=O) groups is 1. The van der Waals surface area contributed by atoms with Crippen LogP contribution in [0, 0.1) is 0 Å². The summed E-state index contributed by atoms with van der Waals surface area (Å²) in [5, 5.41) is 0.0322. The Hall–Kier alpha value is -2.01. The molecule has 0 atom stereocenters. The molecule has 1 rings (SSSR count). The lowest BCUT2D eigenvalue weighted by atomic mass is 10.1. The quantitative estimate of drug-likeness (QED) is 0.321. The molecule has 0 aliphatic heterocycles. The Kier molecular flexibility index (Phi) is 4.15. The maximum atomic E-state index is 12.5. The van der Waals surface area contributed by atoms with Crippen molar-refractivity contribution < 1.29 is 31.1 Å².